The number of benzene rings is 3. The summed E-state index contributed by atoms with van der Waals surface area (Å²) in [5.74, 6) is -0.436. The van der Waals surface area contributed by atoms with E-state index in [1.807, 2.05) is 54.6 Å². The van der Waals surface area contributed by atoms with Crippen LogP contribution in [0.15, 0.2) is 78.9 Å². The first-order chi connectivity index (χ1) is 11.8. The van der Waals surface area contributed by atoms with Gasteiger partial charge in [0.05, 0.1) is 5.56 Å². The van der Waals surface area contributed by atoms with Gasteiger partial charge in [0.1, 0.15) is 6.10 Å². The van der Waals surface area contributed by atoms with Crippen molar-refractivity contribution in [1.82, 2.24) is 0 Å². The van der Waals surface area contributed by atoms with E-state index in [0.29, 0.717) is 5.56 Å². The molecule has 0 saturated carbocycles. The first-order valence-electron chi connectivity index (χ1n) is 7.88. The molecular formula is C21H16O3. The molecule has 3 aromatic carbocycles. The Kier molecular flexibility index (Phi) is 3.63. The summed E-state index contributed by atoms with van der Waals surface area (Å²) in [7, 11) is 0. The van der Waals surface area contributed by atoms with Crippen LogP contribution in [0.4, 0.5) is 0 Å². The second kappa shape index (κ2) is 5.95. The molecule has 1 N–H and O–H groups in total. The molecule has 1 aliphatic rings. The predicted molar refractivity (Wildman–Crippen MR) is 91.4 cm³/mol. The van der Waals surface area contributed by atoms with Gasteiger partial charge in [0.2, 0.25) is 0 Å². The number of carbonyl (C=O) groups excluding carboxylic acids is 1. The van der Waals surface area contributed by atoms with Crippen molar-refractivity contribution in [1.29, 1.82) is 0 Å². The van der Waals surface area contributed by atoms with Crippen molar-refractivity contribution < 1.29 is 14.6 Å². The third kappa shape index (κ3) is 2.39. The topological polar surface area (TPSA) is 46.5 Å². The lowest BCUT2D eigenvalue weighted by Crippen LogP contribution is -2.22. The largest absolute Gasteiger partial charge is 0.451 e. The molecule has 3 aromatic rings. The van der Waals surface area contributed by atoms with E-state index in [0.717, 1.165) is 22.3 Å². The average molecular weight is 316 g/mol. The number of rotatable bonds is 2. The van der Waals surface area contributed by atoms with Crippen molar-refractivity contribution in [3.63, 3.8) is 0 Å². The summed E-state index contributed by atoms with van der Waals surface area (Å²) in [6.07, 6.45) is -1.60. The van der Waals surface area contributed by atoms with Gasteiger partial charge in [0.25, 0.3) is 0 Å². The van der Waals surface area contributed by atoms with Crippen LogP contribution in [0.2, 0.25) is 0 Å². The first kappa shape index (κ1) is 14.7. The minimum atomic E-state index is -0.885. The quantitative estimate of drug-likeness (QED) is 0.717. The molecule has 24 heavy (non-hydrogen) atoms. The Morgan fingerprint density at radius 1 is 0.750 bits per heavy atom. The molecule has 0 aromatic heterocycles. The van der Waals surface area contributed by atoms with Gasteiger partial charge in [-0.1, -0.05) is 66.7 Å². The van der Waals surface area contributed by atoms with Gasteiger partial charge in [-0.25, -0.2) is 4.79 Å². The minimum absolute atomic E-state index is 0.436. The van der Waals surface area contributed by atoms with Gasteiger partial charge in [0.15, 0.2) is 6.10 Å². The summed E-state index contributed by atoms with van der Waals surface area (Å²) in [5.41, 5.74) is 4.05. The zero-order valence-corrected chi connectivity index (χ0v) is 12.9. The van der Waals surface area contributed by atoms with Crippen molar-refractivity contribution in [3.8, 4) is 11.1 Å². The Morgan fingerprint density at radius 3 is 2.00 bits per heavy atom. The van der Waals surface area contributed by atoms with E-state index in [9.17, 15) is 9.90 Å². The van der Waals surface area contributed by atoms with Gasteiger partial charge < -0.3 is 9.84 Å². The van der Waals surface area contributed by atoms with E-state index in [1.165, 1.54) is 0 Å². The molecule has 0 fully saturated rings. The lowest BCUT2D eigenvalue weighted by molar-refractivity contribution is -0.0217. The second-order valence-electron chi connectivity index (χ2n) is 5.81. The number of hydrogen-bond donors (Lipinski definition) is 1. The average Bonchev–Trinajstić information content (AvgIpc) is 2.65. The molecule has 1 aliphatic carbocycles. The highest BCUT2D eigenvalue weighted by Gasteiger charge is 2.35. The number of aliphatic hydroxyl groups excluding tert-OH is 1. The molecule has 2 atom stereocenters. The predicted octanol–water partition coefficient (Wildman–Crippen LogP) is 4.30. The number of hydrogen-bond acceptors (Lipinski definition) is 3. The molecule has 0 spiro atoms. The van der Waals surface area contributed by atoms with Crippen LogP contribution in [0, 0.1) is 0 Å². The number of ether oxygens (including phenoxy) is 1. The summed E-state index contributed by atoms with van der Waals surface area (Å²) in [4.78, 5) is 12.4. The van der Waals surface area contributed by atoms with E-state index in [1.54, 1.807) is 24.3 Å². The Bertz CT molecular complexity index is 886. The summed E-state index contributed by atoms with van der Waals surface area (Å²) in [5, 5.41) is 10.8. The van der Waals surface area contributed by atoms with Crippen LogP contribution < -0.4 is 0 Å². The van der Waals surface area contributed by atoms with Crippen LogP contribution in [-0.2, 0) is 4.74 Å². The van der Waals surface area contributed by atoms with Gasteiger partial charge >= 0.3 is 5.97 Å². The summed E-state index contributed by atoms with van der Waals surface area (Å²) < 4.78 is 5.68. The maximum atomic E-state index is 12.4. The lowest BCUT2D eigenvalue weighted by Gasteiger charge is -2.32. The Hall–Kier alpha value is -2.91. The minimum Gasteiger partial charge on any atom is -0.451 e. The third-order valence-corrected chi connectivity index (χ3v) is 4.37. The SMILES string of the molecule is O=C(O[C@@H]1c2ccccc2-c2ccccc2[C@H]1O)c1ccccc1. The van der Waals surface area contributed by atoms with Crippen molar-refractivity contribution in [3.05, 3.63) is 95.6 Å². The van der Waals surface area contributed by atoms with E-state index < -0.39 is 18.2 Å². The summed E-state index contributed by atoms with van der Waals surface area (Å²) in [6, 6.07) is 24.2. The fourth-order valence-electron chi connectivity index (χ4n) is 3.21. The van der Waals surface area contributed by atoms with Crippen molar-refractivity contribution in [2.24, 2.45) is 0 Å². The number of carbonyl (C=O) groups is 1. The zero-order chi connectivity index (χ0) is 16.5. The van der Waals surface area contributed by atoms with E-state index in [-0.39, 0.29) is 0 Å². The lowest BCUT2D eigenvalue weighted by atomic mass is 9.82. The van der Waals surface area contributed by atoms with Gasteiger partial charge in [-0.15, -0.1) is 0 Å². The van der Waals surface area contributed by atoms with E-state index in [4.69, 9.17) is 4.74 Å². The molecule has 0 amide bonds. The fourth-order valence-corrected chi connectivity index (χ4v) is 3.21. The van der Waals surface area contributed by atoms with Crippen LogP contribution in [-0.4, -0.2) is 11.1 Å². The third-order valence-electron chi connectivity index (χ3n) is 4.37. The maximum absolute atomic E-state index is 12.4. The molecular weight excluding hydrogens is 300 g/mol. The van der Waals surface area contributed by atoms with Gasteiger partial charge in [-0.3, -0.25) is 0 Å². The highest BCUT2D eigenvalue weighted by Crippen LogP contribution is 2.46. The molecule has 0 unspecified atom stereocenters. The molecule has 0 radical (unpaired) electrons. The molecule has 0 heterocycles. The highest BCUT2D eigenvalue weighted by atomic mass is 16.6. The molecule has 0 aliphatic heterocycles. The second-order valence-corrected chi connectivity index (χ2v) is 5.81. The highest BCUT2D eigenvalue weighted by molar-refractivity contribution is 5.89. The zero-order valence-electron chi connectivity index (χ0n) is 12.9. The van der Waals surface area contributed by atoms with E-state index in [2.05, 4.69) is 0 Å². The molecule has 3 nitrogen and oxygen atoms in total. The fraction of sp³-hybridized carbons (Fsp3) is 0.0952. The van der Waals surface area contributed by atoms with E-state index >= 15 is 0 Å². The molecule has 0 bridgehead atoms. The number of esters is 1. The Labute approximate surface area is 140 Å². The first-order valence-corrected chi connectivity index (χ1v) is 7.88. The van der Waals surface area contributed by atoms with Crippen molar-refractivity contribution >= 4 is 5.97 Å². The summed E-state index contributed by atoms with van der Waals surface area (Å²) in [6.45, 7) is 0. The standard InChI is InChI=1S/C21H16O3/c22-19-17-12-6-4-10-15(17)16-11-5-7-13-18(16)20(19)24-21(23)14-8-2-1-3-9-14/h1-13,19-20,22H/t19-,20-/m1/s1. The number of aliphatic hydroxyl groups is 1. The van der Waals surface area contributed by atoms with Crippen LogP contribution in [0.3, 0.4) is 0 Å². The van der Waals surface area contributed by atoms with Gasteiger partial charge in [-0.05, 0) is 28.8 Å². The normalized spacial score (nSPS) is 18.4. The maximum Gasteiger partial charge on any atom is 0.338 e. The van der Waals surface area contributed by atoms with Crippen LogP contribution >= 0.6 is 0 Å². The van der Waals surface area contributed by atoms with Crippen molar-refractivity contribution in [2.45, 2.75) is 12.2 Å². The Balaban J connectivity index is 1.75. The monoisotopic (exact) mass is 316 g/mol. The molecule has 4 rings (SSSR count). The van der Waals surface area contributed by atoms with Crippen LogP contribution in [0.1, 0.15) is 33.7 Å². The smallest absolute Gasteiger partial charge is 0.338 e. The summed E-state index contributed by atoms with van der Waals surface area (Å²) >= 11 is 0. The van der Waals surface area contributed by atoms with Gasteiger partial charge in [0, 0.05) is 5.56 Å². The Morgan fingerprint density at radius 2 is 1.29 bits per heavy atom. The van der Waals surface area contributed by atoms with Crippen LogP contribution in [0.5, 0.6) is 0 Å². The molecule has 118 valence electrons. The van der Waals surface area contributed by atoms with Gasteiger partial charge in [-0.2, -0.15) is 0 Å². The van der Waals surface area contributed by atoms with Crippen LogP contribution in [0.25, 0.3) is 11.1 Å². The van der Waals surface area contributed by atoms with Crippen molar-refractivity contribution in [2.75, 3.05) is 0 Å². The molecule has 0 saturated heterocycles. The molecule has 3 heteroatoms. The number of fused-ring (bicyclic) bond motifs is 3.